The molecule has 0 unspecified atom stereocenters. The van der Waals surface area contributed by atoms with Gasteiger partial charge in [-0.05, 0) is 13.8 Å². The summed E-state index contributed by atoms with van der Waals surface area (Å²) in [6, 6.07) is 2.80. The molecule has 0 saturated carbocycles. The van der Waals surface area contributed by atoms with E-state index in [2.05, 4.69) is 12.0 Å². The molecule has 2 heteroatoms. The number of hydrogen-bond acceptors (Lipinski definition) is 2. The molecule has 0 aliphatic heterocycles. The van der Waals surface area contributed by atoms with Crippen molar-refractivity contribution >= 4 is 0 Å². The van der Waals surface area contributed by atoms with E-state index in [4.69, 9.17) is 5.11 Å². The smallest absolute Gasteiger partial charge is 0.106 e. The van der Waals surface area contributed by atoms with Crippen molar-refractivity contribution in [2.45, 2.75) is 13.8 Å². The lowest BCUT2D eigenvalue weighted by Crippen LogP contribution is -2.15. The highest BCUT2D eigenvalue weighted by molar-refractivity contribution is 4.97. The van der Waals surface area contributed by atoms with Crippen LogP contribution in [-0.2, 0) is 0 Å². The largest absolute Gasteiger partial charge is 0.384 e. The number of aliphatic hydroxyl groups excluding tert-OH is 1. The van der Waals surface area contributed by atoms with Crippen LogP contribution in [0.25, 0.3) is 0 Å². The van der Waals surface area contributed by atoms with Crippen molar-refractivity contribution < 1.29 is 5.11 Å². The summed E-state index contributed by atoms with van der Waals surface area (Å²) in [5.74, 6) is 2.58. The molecule has 0 rings (SSSR count). The normalized spacial score (nSPS) is 7.89. The summed E-state index contributed by atoms with van der Waals surface area (Å²) in [6.45, 7) is 5.87. The number of nitrogens with zero attached hydrogens (tertiary/aromatic N) is 1. The molecular formula is C7H13NO. The summed E-state index contributed by atoms with van der Waals surface area (Å²) in [5, 5.41) is 8.31. The van der Waals surface area contributed by atoms with Crippen molar-refractivity contribution in [2.75, 3.05) is 19.7 Å². The fourth-order valence-corrected chi connectivity index (χ4v) is 0.529. The van der Waals surface area contributed by atoms with Crippen molar-refractivity contribution in [3.05, 3.63) is 0 Å². The van der Waals surface area contributed by atoms with E-state index in [0.29, 0.717) is 0 Å². The third-order valence-electron chi connectivity index (χ3n) is 1.08. The third kappa shape index (κ3) is 3.87. The first kappa shape index (κ1) is 8.32. The second-order valence-corrected chi connectivity index (χ2v) is 1.62. The Bertz CT molecular complexity index is 108. The predicted molar refractivity (Wildman–Crippen MR) is 37.8 cm³/mol. The Morgan fingerprint density at radius 2 is 1.89 bits per heavy atom. The first-order valence-electron chi connectivity index (χ1n) is 3.19. The van der Waals surface area contributed by atoms with Gasteiger partial charge in [0.25, 0.3) is 0 Å². The minimum absolute atomic E-state index is 0.0451. The summed E-state index contributed by atoms with van der Waals surface area (Å²) in [4.78, 5) is 1.94. The van der Waals surface area contributed by atoms with Gasteiger partial charge in [0.2, 0.25) is 0 Å². The van der Waals surface area contributed by atoms with E-state index in [9.17, 15) is 0 Å². The molecule has 0 atom stereocenters. The Balaban J connectivity index is 3.54. The molecule has 0 aromatic heterocycles. The molecular weight excluding hydrogens is 114 g/mol. The molecule has 0 aliphatic carbocycles. The highest BCUT2D eigenvalue weighted by atomic mass is 16.2. The van der Waals surface area contributed by atoms with Crippen LogP contribution >= 0.6 is 0 Å². The zero-order valence-electron chi connectivity index (χ0n) is 6.02. The summed E-state index contributed by atoms with van der Waals surface area (Å²) in [7, 11) is 0. The topological polar surface area (TPSA) is 23.5 Å². The quantitative estimate of drug-likeness (QED) is 0.425. The van der Waals surface area contributed by atoms with Crippen molar-refractivity contribution in [1.82, 2.24) is 4.90 Å². The van der Waals surface area contributed by atoms with Gasteiger partial charge in [-0.15, -0.1) is 0 Å². The van der Waals surface area contributed by atoms with Crippen molar-refractivity contribution in [3.8, 4) is 12.0 Å². The lowest BCUT2D eigenvalue weighted by atomic mass is 10.5. The van der Waals surface area contributed by atoms with Crippen LogP contribution in [0.15, 0.2) is 0 Å². The van der Waals surface area contributed by atoms with Gasteiger partial charge >= 0.3 is 0 Å². The minimum atomic E-state index is -0.0451. The van der Waals surface area contributed by atoms with Crippen molar-refractivity contribution in [1.29, 1.82) is 0 Å². The Hall–Kier alpha value is -0.680. The summed E-state index contributed by atoms with van der Waals surface area (Å²) in [5.41, 5.74) is 0. The zero-order valence-corrected chi connectivity index (χ0v) is 6.02. The zero-order chi connectivity index (χ0) is 7.11. The molecule has 1 N–H and O–H groups in total. The molecule has 0 radical (unpaired) electrons. The van der Waals surface area contributed by atoms with Gasteiger partial charge < -0.3 is 10.0 Å². The van der Waals surface area contributed by atoms with Crippen LogP contribution in [0.2, 0.25) is 0 Å². The fourth-order valence-electron chi connectivity index (χ4n) is 0.529. The highest BCUT2D eigenvalue weighted by Crippen LogP contribution is 1.80. The van der Waals surface area contributed by atoms with Crippen LogP contribution in [-0.4, -0.2) is 29.7 Å². The number of hydrogen-bond donors (Lipinski definition) is 1. The van der Waals surface area contributed by atoms with E-state index in [1.165, 1.54) is 0 Å². The van der Waals surface area contributed by atoms with Crippen LogP contribution in [0, 0.1) is 12.0 Å². The second-order valence-electron chi connectivity index (χ2n) is 1.62. The molecule has 0 aliphatic rings. The maximum Gasteiger partial charge on any atom is 0.106 e. The third-order valence-corrected chi connectivity index (χ3v) is 1.08. The Labute approximate surface area is 56.5 Å². The summed E-state index contributed by atoms with van der Waals surface area (Å²) < 4.78 is 0. The predicted octanol–water partition coefficient (Wildman–Crippen LogP) is 0.281. The van der Waals surface area contributed by atoms with Gasteiger partial charge in [-0.1, -0.05) is 5.92 Å². The first-order chi connectivity index (χ1) is 4.35. The number of rotatable bonds is 2. The molecule has 0 saturated heterocycles. The Morgan fingerprint density at radius 3 is 2.22 bits per heavy atom. The molecule has 9 heavy (non-hydrogen) atoms. The van der Waals surface area contributed by atoms with Gasteiger partial charge in [0.1, 0.15) is 6.61 Å². The SMILES string of the molecule is CCN(C#CCO)CC. The van der Waals surface area contributed by atoms with Gasteiger partial charge in [-0.3, -0.25) is 0 Å². The number of aliphatic hydroxyl groups is 1. The Morgan fingerprint density at radius 1 is 1.33 bits per heavy atom. The molecule has 0 bridgehead atoms. The molecule has 0 aromatic carbocycles. The lowest BCUT2D eigenvalue weighted by Gasteiger charge is -2.09. The van der Waals surface area contributed by atoms with Gasteiger partial charge in [0.05, 0.1) is 0 Å². The fraction of sp³-hybridized carbons (Fsp3) is 0.714. The maximum atomic E-state index is 8.31. The standard InChI is InChI=1S/C7H13NO/c1-3-8(4-2)6-5-7-9/h9H,3-4,7H2,1-2H3. The molecule has 0 aromatic rings. The minimum Gasteiger partial charge on any atom is -0.384 e. The van der Waals surface area contributed by atoms with E-state index >= 15 is 0 Å². The van der Waals surface area contributed by atoms with Gasteiger partial charge in [0.15, 0.2) is 0 Å². The average molecular weight is 127 g/mol. The van der Waals surface area contributed by atoms with Crippen LogP contribution in [0.4, 0.5) is 0 Å². The van der Waals surface area contributed by atoms with Crippen LogP contribution in [0.3, 0.4) is 0 Å². The highest BCUT2D eigenvalue weighted by Gasteiger charge is 1.85. The Kier molecular flexibility index (Phi) is 5.04. The van der Waals surface area contributed by atoms with Gasteiger partial charge in [-0.2, -0.15) is 0 Å². The molecule has 0 amide bonds. The second kappa shape index (κ2) is 5.46. The molecule has 0 heterocycles. The van der Waals surface area contributed by atoms with Crippen molar-refractivity contribution in [2.24, 2.45) is 0 Å². The van der Waals surface area contributed by atoms with Gasteiger partial charge in [0, 0.05) is 19.1 Å². The average Bonchev–Trinajstić information content (AvgIpc) is 1.91. The van der Waals surface area contributed by atoms with Crippen LogP contribution in [0.5, 0.6) is 0 Å². The monoisotopic (exact) mass is 127 g/mol. The summed E-state index contributed by atoms with van der Waals surface area (Å²) in [6.07, 6.45) is 0. The van der Waals surface area contributed by atoms with Crippen LogP contribution < -0.4 is 0 Å². The molecule has 0 spiro atoms. The van der Waals surface area contributed by atoms with E-state index in [-0.39, 0.29) is 6.61 Å². The van der Waals surface area contributed by atoms with E-state index in [0.717, 1.165) is 13.1 Å². The molecule has 52 valence electrons. The molecule has 0 fully saturated rings. The van der Waals surface area contributed by atoms with E-state index < -0.39 is 0 Å². The molecule has 2 nitrogen and oxygen atoms in total. The summed E-state index contributed by atoms with van der Waals surface area (Å²) >= 11 is 0. The lowest BCUT2D eigenvalue weighted by molar-refractivity contribution is 0.348. The van der Waals surface area contributed by atoms with E-state index in [1.807, 2.05) is 18.7 Å². The van der Waals surface area contributed by atoms with Gasteiger partial charge in [-0.25, -0.2) is 0 Å². The first-order valence-corrected chi connectivity index (χ1v) is 3.19. The van der Waals surface area contributed by atoms with Crippen LogP contribution in [0.1, 0.15) is 13.8 Å². The van der Waals surface area contributed by atoms with Crippen molar-refractivity contribution in [3.63, 3.8) is 0 Å². The van der Waals surface area contributed by atoms with E-state index in [1.54, 1.807) is 0 Å². The maximum absolute atomic E-state index is 8.31.